The summed E-state index contributed by atoms with van der Waals surface area (Å²) in [6, 6.07) is 21.3. The van der Waals surface area contributed by atoms with Crippen LogP contribution < -0.4 is 0 Å². The van der Waals surface area contributed by atoms with Crippen molar-refractivity contribution in [1.82, 2.24) is 0 Å². The Labute approximate surface area is 198 Å². The largest absolute Gasteiger partial charge is 0.481 e. The fraction of sp³-hybridized carbons (Fsp3) is 0.214. The van der Waals surface area contributed by atoms with E-state index in [9.17, 15) is 8.78 Å². The first-order valence-electron chi connectivity index (χ1n) is 10.9. The first-order chi connectivity index (χ1) is 16.2. The maximum absolute atomic E-state index is 14.2. The number of hydrogen-bond acceptors (Lipinski definition) is 3. The predicted octanol–water partition coefficient (Wildman–Crippen LogP) is 6.74. The van der Waals surface area contributed by atoms with Crippen LogP contribution in [0, 0.1) is 11.6 Å². The molecule has 34 heavy (non-hydrogen) atoms. The van der Waals surface area contributed by atoms with Crippen molar-refractivity contribution in [2.45, 2.75) is 38.7 Å². The van der Waals surface area contributed by atoms with Crippen LogP contribution in [0.15, 0.2) is 84.5 Å². The number of carboxylic acid groups (broad SMARTS) is 1. The van der Waals surface area contributed by atoms with Crippen LogP contribution in [0.1, 0.15) is 48.9 Å². The lowest BCUT2D eigenvalue weighted by Crippen LogP contribution is -2.24. The molecule has 1 atom stereocenters. The zero-order valence-corrected chi connectivity index (χ0v) is 19.2. The summed E-state index contributed by atoms with van der Waals surface area (Å²) in [6.45, 7) is 7.12. The number of nitrogens with zero attached hydrogens (tertiary/aromatic N) is 1. The van der Waals surface area contributed by atoms with E-state index in [0.29, 0.717) is 36.1 Å². The highest BCUT2D eigenvalue weighted by Gasteiger charge is 2.38. The van der Waals surface area contributed by atoms with Gasteiger partial charge >= 0.3 is 0 Å². The Morgan fingerprint density at radius 1 is 1.03 bits per heavy atom. The van der Waals surface area contributed by atoms with Gasteiger partial charge in [-0.2, -0.15) is 0 Å². The molecule has 4 nitrogen and oxygen atoms in total. The van der Waals surface area contributed by atoms with Gasteiger partial charge in [-0.05, 0) is 43.0 Å². The van der Waals surface area contributed by atoms with Gasteiger partial charge in [0, 0.05) is 30.0 Å². The topological polar surface area (TPSA) is 58.9 Å². The molecule has 3 aromatic carbocycles. The van der Waals surface area contributed by atoms with Gasteiger partial charge in [0.2, 0.25) is 0 Å². The van der Waals surface area contributed by atoms with Crippen LogP contribution in [-0.4, -0.2) is 16.8 Å². The molecule has 1 aliphatic rings. The standard InChI is InChI=1S/C26H23F2NO.C2H4O2/c1-18(20-10-4-7-13-23(20)27)15-16-19-9-3-6-12-22(19)26(2)17-25(29-30-26)21-11-5-8-14-24(21)28;1-2(3)4/h3-14H,1,15-17H2,2H3;1H3,(H,3,4). The van der Waals surface area contributed by atoms with Crippen LogP contribution in [-0.2, 0) is 21.7 Å². The number of aryl methyl sites for hydroxylation is 1. The molecule has 0 bridgehead atoms. The zero-order valence-electron chi connectivity index (χ0n) is 19.2. The fourth-order valence-electron chi connectivity index (χ4n) is 3.95. The van der Waals surface area contributed by atoms with Crippen LogP contribution >= 0.6 is 0 Å². The molecular weight excluding hydrogens is 436 g/mol. The second-order valence-corrected chi connectivity index (χ2v) is 8.28. The summed E-state index contributed by atoms with van der Waals surface area (Å²) >= 11 is 0. The molecule has 176 valence electrons. The number of halogens is 2. The van der Waals surface area contributed by atoms with E-state index in [1.807, 2.05) is 37.3 Å². The van der Waals surface area contributed by atoms with Gasteiger partial charge in [0.15, 0.2) is 5.60 Å². The van der Waals surface area contributed by atoms with Gasteiger partial charge in [0.25, 0.3) is 5.97 Å². The number of carboxylic acids is 1. The van der Waals surface area contributed by atoms with E-state index in [-0.39, 0.29) is 11.6 Å². The Kier molecular flexibility index (Phi) is 7.95. The van der Waals surface area contributed by atoms with Crippen molar-refractivity contribution >= 4 is 17.3 Å². The molecule has 1 N–H and O–H groups in total. The van der Waals surface area contributed by atoms with Gasteiger partial charge in [0.1, 0.15) is 11.6 Å². The minimum atomic E-state index is -0.833. The highest BCUT2D eigenvalue weighted by molar-refractivity contribution is 6.01. The van der Waals surface area contributed by atoms with Crippen molar-refractivity contribution < 1.29 is 23.5 Å². The molecule has 0 amide bonds. The van der Waals surface area contributed by atoms with E-state index >= 15 is 0 Å². The minimum Gasteiger partial charge on any atom is -0.481 e. The van der Waals surface area contributed by atoms with Crippen LogP contribution in [0.3, 0.4) is 0 Å². The Morgan fingerprint density at radius 3 is 2.29 bits per heavy atom. The van der Waals surface area contributed by atoms with Crippen molar-refractivity contribution in [3.63, 3.8) is 0 Å². The van der Waals surface area contributed by atoms with Crippen LogP contribution in [0.5, 0.6) is 0 Å². The highest BCUT2D eigenvalue weighted by atomic mass is 19.1. The van der Waals surface area contributed by atoms with Gasteiger partial charge in [-0.15, -0.1) is 0 Å². The third-order valence-electron chi connectivity index (χ3n) is 5.58. The molecule has 0 aromatic heterocycles. The summed E-state index contributed by atoms with van der Waals surface area (Å²) in [6.07, 6.45) is 1.78. The van der Waals surface area contributed by atoms with E-state index in [1.165, 1.54) is 12.1 Å². The number of allylic oxidation sites excluding steroid dienone is 1. The smallest absolute Gasteiger partial charge is 0.300 e. The van der Waals surface area contributed by atoms with Crippen molar-refractivity contribution in [2.75, 3.05) is 0 Å². The molecule has 6 heteroatoms. The van der Waals surface area contributed by atoms with Crippen LogP contribution in [0.25, 0.3) is 5.57 Å². The molecule has 4 rings (SSSR count). The Hall–Kier alpha value is -3.80. The third kappa shape index (κ3) is 5.95. The molecule has 1 aliphatic heterocycles. The monoisotopic (exact) mass is 463 g/mol. The van der Waals surface area contributed by atoms with E-state index < -0.39 is 11.6 Å². The predicted molar refractivity (Wildman–Crippen MR) is 129 cm³/mol. The molecule has 1 unspecified atom stereocenters. The maximum Gasteiger partial charge on any atom is 0.300 e. The van der Waals surface area contributed by atoms with Crippen molar-refractivity contribution in [3.8, 4) is 0 Å². The lowest BCUT2D eigenvalue weighted by molar-refractivity contribution is -0.134. The quantitative estimate of drug-likeness (QED) is 0.440. The first-order valence-corrected chi connectivity index (χ1v) is 10.9. The lowest BCUT2D eigenvalue weighted by Gasteiger charge is -2.25. The molecule has 0 aliphatic carbocycles. The molecular formula is C28H27F2NO3. The Bertz CT molecular complexity index is 1220. The molecule has 3 aromatic rings. The summed E-state index contributed by atoms with van der Waals surface area (Å²) in [4.78, 5) is 14.8. The summed E-state index contributed by atoms with van der Waals surface area (Å²) < 4.78 is 28.3. The van der Waals surface area contributed by atoms with E-state index in [4.69, 9.17) is 14.7 Å². The van der Waals surface area contributed by atoms with Gasteiger partial charge in [0.05, 0.1) is 5.71 Å². The van der Waals surface area contributed by atoms with E-state index in [2.05, 4.69) is 11.7 Å². The molecule has 1 heterocycles. The number of carbonyl (C=O) groups is 1. The number of benzene rings is 3. The normalized spacial score (nSPS) is 16.6. The fourth-order valence-corrected chi connectivity index (χ4v) is 3.95. The van der Waals surface area contributed by atoms with E-state index in [0.717, 1.165) is 23.6 Å². The lowest BCUT2D eigenvalue weighted by atomic mass is 9.84. The SMILES string of the molecule is C=C(CCc1ccccc1C1(C)CC(c2ccccc2F)=NO1)c1ccccc1F.CC(=O)O. The summed E-state index contributed by atoms with van der Waals surface area (Å²) in [5.74, 6) is -1.40. The number of rotatable bonds is 6. The Balaban J connectivity index is 0.000000751. The summed E-state index contributed by atoms with van der Waals surface area (Å²) in [5.41, 5.74) is 3.76. The number of hydrogen-bond donors (Lipinski definition) is 1. The third-order valence-corrected chi connectivity index (χ3v) is 5.58. The molecule has 0 saturated heterocycles. The summed E-state index contributed by atoms with van der Waals surface area (Å²) in [5, 5.41) is 11.6. The number of oxime groups is 1. The Morgan fingerprint density at radius 2 is 1.62 bits per heavy atom. The maximum atomic E-state index is 14.2. The van der Waals surface area contributed by atoms with Crippen LogP contribution in [0.2, 0.25) is 0 Å². The number of aliphatic carboxylic acids is 1. The molecule has 0 radical (unpaired) electrons. The van der Waals surface area contributed by atoms with Crippen LogP contribution in [0.4, 0.5) is 8.78 Å². The first kappa shape index (κ1) is 24.8. The van der Waals surface area contributed by atoms with Gasteiger partial charge in [-0.25, -0.2) is 8.78 Å². The average Bonchev–Trinajstić information content (AvgIpc) is 3.21. The van der Waals surface area contributed by atoms with Gasteiger partial charge in [-0.3, -0.25) is 4.79 Å². The van der Waals surface area contributed by atoms with Crippen molar-refractivity contribution in [1.29, 1.82) is 0 Å². The van der Waals surface area contributed by atoms with Gasteiger partial charge in [-0.1, -0.05) is 72.4 Å². The average molecular weight is 464 g/mol. The summed E-state index contributed by atoms with van der Waals surface area (Å²) in [7, 11) is 0. The van der Waals surface area contributed by atoms with E-state index in [1.54, 1.807) is 30.3 Å². The van der Waals surface area contributed by atoms with Crippen molar-refractivity contribution in [3.05, 3.63) is 113 Å². The van der Waals surface area contributed by atoms with Crippen molar-refractivity contribution in [2.24, 2.45) is 5.16 Å². The molecule has 0 saturated carbocycles. The molecule has 0 fully saturated rings. The second kappa shape index (κ2) is 10.9. The molecule has 0 spiro atoms. The van der Waals surface area contributed by atoms with Gasteiger partial charge < -0.3 is 9.94 Å². The second-order valence-electron chi connectivity index (χ2n) is 8.28. The minimum absolute atomic E-state index is 0.259. The zero-order chi connectivity index (χ0) is 24.7. The highest BCUT2D eigenvalue weighted by Crippen LogP contribution is 2.38.